The molecule has 14 heavy (non-hydrogen) atoms. The van der Waals surface area contributed by atoms with Crippen LogP contribution in [0.15, 0.2) is 30.3 Å². The van der Waals surface area contributed by atoms with Crippen LogP contribution in [0.2, 0.25) is 0 Å². The average Bonchev–Trinajstić information content (AvgIpc) is 2.17. The molecule has 3 nitrogen and oxygen atoms in total. The zero-order chi connectivity index (χ0) is 9.73. The van der Waals surface area contributed by atoms with Gasteiger partial charge < -0.3 is 5.48 Å². The Morgan fingerprint density at radius 1 is 1.21 bits per heavy atom. The van der Waals surface area contributed by atoms with E-state index in [1.54, 1.807) is 0 Å². The first kappa shape index (κ1) is 13.1. The molecule has 0 amide bonds. The number of hydrogen-bond acceptors (Lipinski definition) is 2. The van der Waals surface area contributed by atoms with E-state index in [-0.39, 0.29) is 10.1 Å². The maximum absolute atomic E-state index is 9.72. The molecule has 0 saturated heterocycles. The average molecular weight is 197 g/mol. The van der Waals surface area contributed by atoms with Crippen LogP contribution in [0.1, 0.15) is 12.5 Å². The number of hydroxylamine groups is 3. The van der Waals surface area contributed by atoms with Crippen molar-refractivity contribution >= 4 is 0 Å². The van der Waals surface area contributed by atoms with Crippen molar-refractivity contribution in [1.82, 2.24) is 0 Å². The minimum atomic E-state index is 0. The van der Waals surface area contributed by atoms with Gasteiger partial charge in [-0.2, -0.15) is 4.65 Å². The minimum Gasteiger partial charge on any atom is -0.870 e. The molecule has 0 fully saturated rings. The van der Waals surface area contributed by atoms with Gasteiger partial charge in [0.15, 0.2) is 0 Å². The summed E-state index contributed by atoms with van der Waals surface area (Å²) in [4.78, 5) is 0. The second-order valence-electron chi connectivity index (χ2n) is 3.61. The predicted octanol–water partition coefficient (Wildman–Crippen LogP) is 1.91. The highest BCUT2D eigenvalue weighted by molar-refractivity contribution is 5.14. The summed E-state index contributed by atoms with van der Waals surface area (Å²) in [7, 11) is 1.84. The number of rotatable bonds is 4. The van der Waals surface area contributed by atoms with Gasteiger partial charge in [0.05, 0.1) is 7.05 Å². The molecule has 2 N–H and O–H groups in total. The first-order valence-corrected chi connectivity index (χ1v) is 4.75. The summed E-state index contributed by atoms with van der Waals surface area (Å²) >= 11 is 0. The molecule has 0 aliphatic heterocycles. The lowest BCUT2D eigenvalue weighted by Crippen LogP contribution is -2.41. The van der Waals surface area contributed by atoms with E-state index in [0.717, 1.165) is 19.5 Å². The van der Waals surface area contributed by atoms with E-state index < -0.39 is 0 Å². The Hall–Kier alpha value is -0.900. The predicted molar refractivity (Wildman–Crippen MR) is 55.5 cm³/mol. The molecule has 0 radical (unpaired) electrons. The van der Waals surface area contributed by atoms with Gasteiger partial charge in [0.25, 0.3) is 0 Å². The fourth-order valence-corrected chi connectivity index (χ4v) is 1.17. The summed E-state index contributed by atoms with van der Waals surface area (Å²) in [6.07, 6.45) is 0.932. The van der Waals surface area contributed by atoms with Crippen LogP contribution in [0.5, 0.6) is 0 Å². The molecule has 1 aromatic rings. The topological polar surface area (TPSA) is 50.2 Å². The third-order valence-corrected chi connectivity index (χ3v) is 2.41. The highest BCUT2D eigenvalue weighted by Crippen LogP contribution is 2.03. The van der Waals surface area contributed by atoms with Gasteiger partial charge in [-0.05, 0) is 12.5 Å². The van der Waals surface area contributed by atoms with Crippen LogP contribution in [0.4, 0.5) is 0 Å². The first-order valence-electron chi connectivity index (χ1n) is 4.75. The monoisotopic (exact) mass is 197 g/mol. The van der Waals surface area contributed by atoms with Crippen molar-refractivity contribution in [3.8, 4) is 0 Å². The van der Waals surface area contributed by atoms with Gasteiger partial charge in [-0.25, -0.2) is 5.21 Å². The molecule has 0 aromatic heterocycles. The van der Waals surface area contributed by atoms with Gasteiger partial charge >= 0.3 is 0 Å². The lowest BCUT2D eigenvalue weighted by Gasteiger charge is -2.23. The van der Waals surface area contributed by atoms with Gasteiger partial charge in [0.2, 0.25) is 0 Å². The summed E-state index contributed by atoms with van der Waals surface area (Å²) in [5.74, 6) is 0. The fraction of sp³-hybridized carbons (Fsp3) is 0.455. The molecule has 0 heterocycles. The molecule has 80 valence electrons. The standard InChI is InChI=1S/C11H18NO.H2O/c1-3-12(2,13)10-9-11-7-5-4-6-8-11;/h4-8,13H,3,9-10H2,1-2H3;1H2/q+1;/p-1. The van der Waals surface area contributed by atoms with Gasteiger partial charge in [-0.15, -0.1) is 0 Å². The van der Waals surface area contributed by atoms with E-state index >= 15 is 0 Å². The smallest absolute Gasteiger partial charge is 0.112 e. The van der Waals surface area contributed by atoms with Crippen molar-refractivity contribution in [2.75, 3.05) is 20.1 Å². The Bertz CT molecular complexity index is 247. The SMILES string of the molecule is CC[N+](C)(O)CCc1ccccc1.[OH-]. The molecule has 3 heteroatoms. The van der Waals surface area contributed by atoms with E-state index in [0.29, 0.717) is 0 Å². The van der Waals surface area contributed by atoms with Crippen molar-refractivity contribution in [2.45, 2.75) is 13.3 Å². The van der Waals surface area contributed by atoms with Crippen molar-refractivity contribution < 1.29 is 15.3 Å². The highest BCUT2D eigenvalue weighted by Gasteiger charge is 2.14. The zero-order valence-electron chi connectivity index (χ0n) is 8.85. The van der Waals surface area contributed by atoms with Crippen molar-refractivity contribution in [1.29, 1.82) is 0 Å². The summed E-state index contributed by atoms with van der Waals surface area (Å²) < 4.78 is 0.106. The summed E-state index contributed by atoms with van der Waals surface area (Å²) in [6.45, 7) is 3.53. The molecule has 0 aliphatic carbocycles. The quantitative estimate of drug-likeness (QED) is 0.592. The second kappa shape index (κ2) is 5.75. The zero-order valence-corrected chi connectivity index (χ0v) is 8.85. The molecule has 0 saturated carbocycles. The number of benzene rings is 1. The van der Waals surface area contributed by atoms with Crippen molar-refractivity contribution in [3.05, 3.63) is 35.9 Å². The molecule has 0 aliphatic rings. The largest absolute Gasteiger partial charge is 0.870 e. The van der Waals surface area contributed by atoms with E-state index in [2.05, 4.69) is 12.1 Å². The Balaban J connectivity index is 0.00000169. The number of hydrogen-bond donors (Lipinski definition) is 1. The van der Waals surface area contributed by atoms with Crippen LogP contribution in [0.3, 0.4) is 0 Å². The van der Waals surface area contributed by atoms with Crippen molar-refractivity contribution in [3.63, 3.8) is 0 Å². The fourth-order valence-electron chi connectivity index (χ4n) is 1.17. The van der Waals surface area contributed by atoms with Crippen LogP contribution in [-0.2, 0) is 6.42 Å². The van der Waals surface area contributed by atoms with Gasteiger partial charge in [0.1, 0.15) is 13.1 Å². The highest BCUT2D eigenvalue weighted by atomic mass is 16.5. The Morgan fingerprint density at radius 3 is 2.29 bits per heavy atom. The van der Waals surface area contributed by atoms with Crippen LogP contribution in [0.25, 0.3) is 0 Å². The van der Waals surface area contributed by atoms with Crippen molar-refractivity contribution in [2.24, 2.45) is 0 Å². The maximum Gasteiger partial charge on any atom is 0.112 e. The van der Waals surface area contributed by atoms with E-state index in [1.165, 1.54) is 5.56 Å². The molecule has 1 atom stereocenters. The van der Waals surface area contributed by atoms with E-state index in [1.807, 2.05) is 32.2 Å². The van der Waals surface area contributed by atoms with Gasteiger partial charge in [-0.3, -0.25) is 0 Å². The molecule has 1 rings (SSSR count). The molecule has 1 unspecified atom stereocenters. The molecular formula is C11H19NO2. The second-order valence-corrected chi connectivity index (χ2v) is 3.61. The Morgan fingerprint density at radius 2 is 1.79 bits per heavy atom. The molecule has 1 aromatic carbocycles. The lowest BCUT2D eigenvalue weighted by molar-refractivity contribution is -1.09. The van der Waals surface area contributed by atoms with Gasteiger partial charge in [0, 0.05) is 6.42 Å². The third-order valence-electron chi connectivity index (χ3n) is 2.41. The van der Waals surface area contributed by atoms with E-state index in [9.17, 15) is 5.21 Å². The Labute approximate surface area is 85.5 Å². The summed E-state index contributed by atoms with van der Waals surface area (Å²) in [5.41, 5.74) is 1.29. The molecule has 0 spiro atoms. The van der Waals surface area contributed by atoms with E-state index in [4.69, 9.17) is 0 Å². The number of likely N-dealkylation sites (N-methyl/N-ethyl adjacent to an activating group) is 1. The summed E-state index contributed by atoms with van der Waals surface area (Å²) in [6, 6.07) is 10.3. The minimum absolute atomic E-state index is 0. The molecule has 0 bridgehead atoms. The van der Waals surface area contributed by atoms with Crippen LogP contribution < -0.4 is 0 Å². The third kappa shape index (κ3) is 4.37. The van der Waals surface area contributed by atoms with Crippen LogP contribution >= 0.6 is 0 Å². The lowest BCUT2D eigenvalue weighted by atomic mass is 10.1. The number of nitrogens with zero attached hydrogens (tertiary/aromatic N) is 1. The molecular weight excluding hydrogens is 178 g/mol. The van der Waals surface area contributed by atoms with Gasteiger partial charge in [-0.1, -0.05) is 30.3 Å². The first-order chi connectivity index (χ1) is 6.14. The maximum atomic E-state index is 9.72. The normalized spacial score (nSPS) is 14.2. The van der Waals surface area contributed by atoms with Crippen LogP contribution in [0, 0.1) is 0 Å². The number of quaternary nitrogens is 1. The summed E-state index contributed by atoms with van der Waals surface area (Å²) in [5, 5.41) is 9.72. The van der Waals surface area contributed by atoms with Crippen LogP contribution in [-0.4, -0.2) is 35.5 Å². The Kier molecular flexibility index (Phi) is 5.38.